The second-order valence-electron chi connectivity index (χ2n) is 11.1. The van der Waals surface area contributed by atoms with E-state index in [2.05, 4.69) is 0 Å². The van der Waals surface area contributed by atoms with Gasteiger partial charge in [0.1, 0.15) is 0 Å². The van der Waals surface area contributed by atoms with E-state index < -0.39 is 33.4 Å². The van der Waals surface area contributed by atoms with Gasteiger partial charge in [-0.3, -0.25) is 9.59 Å². The van der Waals surface area contributed by atoms with Crippen molar-refractivity contribution in [3.05, 3.63) is 48.0 Å². The molecule has 0 saturated heterocycles. The maximum Gasteiger partial charge on any atom is 0.375 e. The number of furan rings is 1. The minimum Gasteiger partial charge on any atom is -0.457 e. The second-order valence-corrected chi connectivity index (χ2v) is 12.0. The average molecular weight is 521 g/mol. The van der Waals surface area contributed by atoms with Crippen LogP contribution in [0.4, 0.5) is 0 Å². The molecule has 1 heterocycles. The highest BCUT2D eigenvalue weighted by molar-refractivity contribution is 6.29. The number of ketones is 2. The van der Waals surface area contributed by atoms with Gasteiger partial charge in [-0.15, -0.1) is 23.2 Å². The molecule has 6 nitrogen and oxygen atoms in total. The summed E-state index contributed by atoms with van der Waals surface area (Å²) in [5.41, 5.74) is -2.20. The molecule has 0 aromatic carbocycles. The average Bonchev–Trinajstić information content (AvgIpc) is 3.42. The highest BCUT2D eigenvalue weighted by Gasteiger charge is 2.76. The molecule has 0 spiro atoms. The molecule has 3 fully saturated rings. The van der Waals surface area contributed by atoms with Crippen LogP contribution in [-0.4, -0.2) is 45.1 Å². The van der Waals surface area contributed by atoms with Gasteiger partial charge in [0.05, 0.1) is 23.1 Å². The first-order valence-electron chi connectivity index (χ1n) is 12.1. The number of aliphatic hydroxyl groups is 1. The Kier molecular flexibility index (Phi) is 5.71. The smallest absolute Gasteiger partial charge is 0.375 e. The van der Waals surface area contributed by atoms with E-state index in [-0.39, 0.29) is 47.4 Å². The van der Waals surface area contributed by atoms with Gasteiger partial charge in [-0.05, 0) is 61.8 Å². The van der Waals surface area contributed by atoms with Crippen LogP contribution < -0.4 is 0 Å². The lowest BCUT2D eigenvalue weighted by Gasteiger charge is -2.64. The maximum atomic E-state index is 13.6. The molecule has 35 heavy (non-hydrogen) atoms. The van der Waals surface area contributed by atoms with E-state index in [0.29, 0.717) is 19.3 Å². The standard InChI is InChI=1S/C27H30Cl2O6/c1-15-11-19-18-7-6-16-12-17(30)8-9-24(16,2)26(18,29)21(31)13-25(19,3)27(15,22(32)14-28)35-23(33)20-5-4-10-34-20/h4-5,8-10,12,15,18-19,21,31H,6-7,11,13-14H2,1-3H3/t15?,18-,19-,21?,24-,25-,26+,27+/m0/s1. The van der Waals surface area contributed by atoms with Crippen molar-refractivity contribution < 1.29 is 28.6 Å². The number of Topliss-reactive ketones (excluding diaryl/α,β-unsaturated/α-hetero) is 1. The maximum absolute atomic E-state index is 13.6. The molecule has 1 aromatic rings. The van der Waals surface area contributed by atoms with Gasteiger partial charge < -0.3 is 14.3 Å². The Morgan fingerprint density at radius 3 is 2.69 bits per heavy atom. The number of alkyl halides is 2. The topological polar surface area (TPSA) is 93.8 Å². The Morgan fingerprint density at radius 1 is 1.29 bits per heavy atom. The first kappa shape index (κ1) is 24.8. The summed E-state index contributed by atoms with van der Waals surface area (Å²) in [5, 5.41) is 11.8. The predicted octanol–water partition coefficient (Wildman–Crippen LogP) is 4.87. The zero-order valence-electron chi connectivity index (χ0n) is 20.1. The first-order valence-corrected chi connectivity index (χ1v) is 13.0. The monoisotopic (exact) mass is 520 g/mol. The van der Waals surface area contributed by atoms with Gasteiger partial charge in [-0.25, -0.2) is 4.79 Å². The summed E-state index contributed by atoms with van der Waals surface area (Å²) in [4.78, 5) is 37.7. The molecular formula is C27H30Cl2O6. The molecule has 4 aliphatic carbocycles. The zero-order chi connectivity index (χ0) is 25.4. The van der Waals surface area contributed by atoms with Crippen LogP contribution in [0.2, 0.25) is 0 Å². The van der Waals surface area contributed by atoms with Crippen LogP contribution in [0.3, 0.4) is 0 Å². The molecule has 0 amide bonds. The lowest BCUT2D eigenvalue weighted by molar-refractivity contribution is -0.177. The van der Waals surface area contributed by atoms with E-state index in [1.165, 1.54) is 18.4 Å². The molecule has 8 heteroatoms. The molecule has 0 radical (unpaired) electrons. The number of halogens is 2. The van der Waals surface area contributed by atoms with E-state index >= 15 is 0 Å². The second kappa shape index (κ2) is 8.06. The Hall–Kier alpha value is -1.89. The Morgan fingerprint density at radius 2 is 2.03 bits per heavy atom. The van der Waals surface area contributed by atoms with Crippen molar-refractivity contribution >= 4 is 40.7 Å². The van der Waals surface area contributed by atoms with Gasteiger partial charge in [0.25, 0.3) is 0 Å². The van der Waals surface area contributed by atoms with E-state index in [1.807, 2.05) is 26.8 Å². The molecule has 0 aliphatic heterocycles. The molecule has 3 saturated carbocycles. The molecule has 5 rings (SSSR count). The first-order chi connectivity index (χ1) is 16.5. The van der Waals surface area contributed by atoms with Crippen LogP contribution >= 0.6 is 23.2 Å². The van der Waals surface area contributed by atoms with Crippen LogP contribution in [0.5, 0.6) is 0 Å². The van der Waals surface area contributed by atoms with Gasteiger partial charge in [0, 0.05) is 16.7 Å². The number of ether oxygens (including phenoxy) is 1. The highest BCUT2D eigenvalue weighted by atomic mass is 35.5. The number of rotatable bonds is 4. The SMILES string of the molecule is CC1C[C@H]2[C@@H]3CCC4=CC(=O)C=C[C@]4(C)[C@]3(Cl)C(O)C[C@]2(C)[C@]1(OC(=O)c1ccco1)C(=O)CCl. The van der Waals surface area contributed by atoms with Gasteiger partial charge in [0.2, 0.25) is 5.76 Å². The van der Waals surface area contributed by atoms with Crippen molar-refractivity contribution in [3.8, 4) is 0 Å². The minimum atomic E-state index is -1.53. The molecule has 8 atom stereocenters. The number of carbonyl (C=O) groups excluding carboxylic acids is 3. The molecule has 188 valence electrons. The number of fused-ring (bicyclic) bond motifs is 5. The van der Waals surface area contributed by atoms with Gasteiger partial charge >= 0.3 is 5.97 Å². The van der Waals surface area contributed by atoms with Crippen LogP contribution in [-0.2, 0) is 14.3 Å². The Labute approximate surface area is 214 Å². The third-order valence-corrected chi connectivity index (χ3v) is 10.9. The van der Waals surface area contributed by atoms with Gasteiger partial charge in [-0.2, -0.15) is 0 Å². The van der Waals surface area contributed by atoms with E-state index in [1.54, 1.807) is 12.1 Å². The predicted molar refractivity (Wildman–Crippen MR) is 130 cm³/mol. The Bertz CT molecular complexity index is 1140. The third kappa shape index (κ3) is 3.02. The summed E-state index contributed by atoms with van der Waals surface area (Å²) < 4.78 is 11.3. The van der Waals surface area contributed by atoms with Crippen LogP contribution in [0.15, 0.2) is 46.6 Å². The van der Waals surface area contributed by atoms with Crippen molar-refractivity contribution in [1.29, 1.82) is 0 Å². The summed E-state index contributed by atoms with van der Waals surface area (Å²) in [7, 11) is 0. The van der Waals surface area contributed by atoms with Gasteiger partial charge in [-0.1, -0.05) is 32.4 Å². The van der Waals surface area contributed by atoms with E-state index in [9.17, 15) is 19.5 Å². The number of hydrogen-bond donors (Lipinski definition) is 1. The third-order valence-electron chi connectivity index (χ3n) is 9.69. The minimum absolute atomic E-state index is 0.00557. The number of hydrogen-bond acceptors (Lipinski definition) is 6. The summed E-state index contributed by atoms with van der Waals surface area (Å²) >= 11 is 13.6. The number of esters is 1. The fourth-order valence-corrected chi connectivity index (χ4v) is 8.81. The van der Waals surface area contributed by atoms with Crippen molar-refractivity contribution in [2.45, 2.75) is 63.0 Å². The van der Waals surface area contributed by atoms with Gasteiger partial charge in [0.15, 0.2) is 17.2 Å². The molecular weight excluding hydrogens is 491 g/mol. The number of allylic oxidation sites excluding steroid dienone is 4. The van der Waals surface area contributed by atoms with E-state index in [0.717, 1.165) is 5.57 Å². The Balaban J connectivity index is 1.61. The molecule has 4 aliphatic rings. The highest BCUT2D eigenvalue weighted by Crippen LogP contribution is 2.72. The number of carbonyl (C=O) groups is 3. The number of aliphatic hydroxyl groups excluding tert-OH is 1. The van der Waals surface area contributed by atoms with E-state index in [4.69, 9.17) is 32.4 Å². The normalized spacial score (nSPS) is 44.2. The molecule has 0 bridgehead atoms. The lowest BCUT2D eigenvalue weighted by Crippen LogP contribution is -2.69. The largest absolute Gasteiger partial charge is 0.457 e. The van der Waals surface area contributed by atoms with Crippen LogP contribution in [0, 0.1) is 28.6 Å². The van der Waals surface area contributed by atoms with Crippen molar-refractivity contribution in [2.75, 3.05) is 5.88 Å². The van der Waals surface area contributed by atoms with Crippen LogP contribution in [0.1, 0.15) is 57.0 Å². The molecule has 1 aromatic heterocycles. The van der Waals surface area contributed by atoms with Crippen molar-refractivity contribution in [3.63, 3.8) is 0 Å². The lowest BCUT2D eigenvalue weighted by atomic mass is 9.45. The summed E-state index contributed by atoms with van der Waals surface area (Å²) in [5.74, 6) is -2.12. The summed E-state index contributed by atoms with van der Waals surface area (Å²) in [6, 6.07) is 3.07. The molecule has 1 N–H and O–H groups in total. The van der Waals surface area contributed by atoms with Crippen molar-refractivity contribution in [1.82, 2.24) is 0 Å². The summed E-state index contributed by atoms with van der Waals surface area (Å²) in [6.45, 7) is 5.81. The molecule has 2 unspecified atom stereocenters. The van der Waals surface area contributed by atoms with Crippen molar-refractivity contribution in [2.24, 2.45) is 28.6 Å². The summed E-state index contributed by atoms with van der Waals surface area (Å²) in [6.07, 6.45) is 7.44. The van der Waals surface area contributed by atoms with Crippen LogP contribution in [0.25, 0.3) is 0 Å². The fourth-order valence-electron chi connectivity index (χ4n) is 8.09. The fraction of sp³-hybridized carbons (Fsp3) is 0.593. The zero-order valence-corrected chi connectivity index (χ0v) is 21.6. The quantitative estimate of drug-likeness (QED) is 0.449.